The van der Waals surface area contributed by atoms with Gasteiger partial charge in [-0.15, -0.1) is 0 Å². The molecule has 1 aliphatic rings. The molecule has 0 aliphatic carbocycles. The Morgan fingerprint density at radius 1 is 0.778 bits per heavy atom. The summed E-state index contributed by atoms with van der Waals surface area (Å²) in [5, 5.41) is 0. The first kappa shape index (κ1) is 17.1. The van der Waals surface area contributed by atoms with Gasteiger partial charge in [-0.25, -0.2) is 4.98 Å². The van der Waals surface area contributed by atoms with Crippen LogP contribution in [-0.2, 0) is 0 Å². The van der Waals surface area contributed by atoms with Crippen LogP contribution in [0.25, 0.3) is 11.1 Å². The predicted octanol–water partition coefficient (Wildman–Crippen LogP) is 2.94. The largest absolute Gasteiger partial charge is 0.382 e. The molecule has 3 aromatic rings. The summed E-state index contributed by atoms with van der Waals surface area (Å²) >= 11 is 0. The molecule has 0 bridgehead atoms. The van der Waals surface area contributed by atoms with E-state index in [0.29, 0.717) is 5.82 Å². The Morgan fingerprint density at radius 3 is 2.15 bits per heavy atom. The molecule has 0 amide bonds. The number of aromatic nitrogens is 2. The van der Waals surface area contributed by atoms with Gasteiger partial charge in [0.2, 0.25) is 5.95 Å². The first-order valence-corrected chi connectivity index (χ1v) is 9.17. The van der Waals surface area contributed by atoms with Gasteiger partial charge in [-0.1, -0.05) is 42.5 Å². The van der Waals surface area contributed by atoms with E-state index in [1.54, 1.807) is 0 Å². The highest BCUT2D eigenvalue weighted by Gasteiger charge is 2.22. The number of nitrogens with two attached hydrogens (primary N) is 2. The highest BCUT2D eigenvalue weighted by Crippen LogP contribution is 2.29. The third-order valence-electron chi connectivity index (χ3n) is 5.02. The molecule has 2 heterocycles. The zero-order chi connectivity index (χ0) is 18.8. The number of rotatable bonds is 3. The summed E-state index contributed by atoms with van der Waals surface area (Å²) in [6, 6.07) is 19.2. The Kier molecular flexibility index (Phi) is 4.54. The number of nitrogens with zero attached hydrogens (tertiary/aromatic N) is 4. The second-order valence-corrected chi connectivity index (χ2v) is 6.79. The molecule has 2 aromatic carbocycles. The number of benzene rings is 2. The molecule has 1 saturated heterocycles. The molecule has 0 unspecified atom stereocenters. The average molecular weight is 360 g/mol. The zero-order valence-corrected chi connectivity index (χ0v) is 15.5. The van der Waals surface area contributed by atoms with Crippen molar-refractivity contribution in [1.29, 1.82) is 0 Å². The van der Waals surface area contributed by atoms with E-state index in [-0.39, 0.29) is 5.95 Å². The van der Waals surface area contributed by atoms with Crippen molar-refractivity contribution in [2.45, 2.75) is 6.92 Å². The van der Waals surface area contributed by atoms with Crippen LogP contribution in [0.5, 0.6) is 0 Å². The van der Waals surface area contributed by atoms with Gasteiger partial charge in [0.1, 0.15) is 5.69 Å². The van der Waals surface area contributed by atoms with Crippen molar-refractivity contribution in [1.82, 2.24) is 9.97 Å². The summed E-state index contributed by atoms with van der Waals surface area (Å²) in [7, 11) is 0. The van der Waals surface area contributed by atoms with Gasteiger partial charge in [0.15, 0.2) is 5.82 Å². The minimum absolute atomic E-state index is 0.227. The normalized spacial score (nSPS) is 14.4. The Hall–Kier alpha value is -3.28. The number of piperazine rings is 1. The van der Waals surface area contributed by atoms with E-state index in [0.717, 1.165) is 37.6 Å². The van der Waals surface area contributed by atoms with Crippen LogP contribution in [0.4, 0.5) is 23.1 Å². The van der Waals surface area contributed by atoms with Crippen LogP contribution in [0.3, 0.4) is 0 Å². The molecule has 1 fully saturated rings. The Bertz CT molecular complexity index is 909. The maximum Gasteiger partial charge on any atom is 0.222 e. The van der Waals surface area contributed by atoms with Gasteiger partial charge in [-0.3, -0.25) is 0 Å². The number of nitrogen functional groups attached to an aromatic ring is 2. The maximum absolute atomic E-state index is 6.10. The molecule has 138 valence electrons. The van der Waals surface area contributed by atoms with Crippen LogP contribution in [-0.4, -0.2) is 36.1 Å². The molecule has 27 heavy (non-hydrogen) atoms. The number of hydrogen-bond acceptors (Lipinski definition) is 6. The van der Waals surface area contributed by atoms with Gasteiger partial charge in [-0.2, -0.15) is 4.98 Å². The second-order valence-electron chi connectivity index (χ2n) is 6.79. The smallest absolute Gasteiger partial charge is 0.222 e. The van der Waals surface area contributed by atoms with Gasteiger partial charge in [0.05, 0.1) is 5.69 Å². The predicted molar refractivity (Wildman–Crippen MR) is 112 cm³/mol. The lowest BCUT2D eigenvalue weighted by atomic mass is 10.0. The lowest BCUT2D eigenvalue weighted by Crippen LogP contribution is -2.47. The summed E-state index contributed by atoms with van der Waals surface area (Å²) in [6.45, 7) is 5.50. The van der Waals surface area contributed by atoms with Crippen molar-refractivity contribution >= 4 is 23.1 Å². The minimum atomic E-state index is 0.227. The summed E-state index contributed by atoms with van der Waals surface area (Å²) in [5.74, 6) is 0.685. The van der Waals surface area contributed by atoms with Crippen LogP contribution in [0.15, 0.2) is 54.6 Å². The monoisotopic (exact) mass is 360 g/mol. The third-order valence-corrected chi connectivity index (χ3v) is 5.02. The molecular weight excluding hydrogens is 336 g/mol. The van der Waals surface area contributed by atoms with Gasteiger partial charge in [-0.05, 0) is 30.2 Å². The zero-order valence-electron chi connectivity index (χ0n) is 15.5. The number of aryl methyl sites for hydroxylation is 1. The van der Waals surface area contributed by atoms with Crippen molar-refractivity contribution in [3.8, 4) is 11.1 Å². The fraction of sp³-hybridized carbons (Fsp3) is 0.238. The summed E-state index contributed by atoms with van der Waals surface area (Å²) in [5.41, 5.74) is 17.2. The summed E-state index contributed by atoms with van der Waals surface area (Å²) < 4.78 is 0. The third kappa shape index (κ3) is 3.51. The van der Waals surface area contributed by atoms with Crippen LogP contribution in [0.2, 0.25) is 0 Å². The van der Waals surface area contributed by atoms with Crippen molar-refractivity contribution in [3.05, 3.63) is 60.3 Å². The van der Waals surface area contributed by atoms with Crippen molar-refractivity contribution < 1.29 is 0 Å². The highest BCUT2D eigenvalue weighted by molar-refractivity contribution is 5.70. The molecule has 6 nitrogen and oxygen atoms in total. The fourth-order valence-corrected chi connectivity index (χ4v) is 3.70. The molecule has 4 N–H and O–H groups in total. The highest BCUT2D eigenvalue weighted by atomic mass is 15.3. The van der Waals surface area contributed by atoms with Crippen molar-refractivity contribution in [2.24, 2.45) is 0 Å². The van der Waals surface area contributed by atoms with Crippen LogP contribution in [0.1, 0.15) is 5.69 Å². The standard InChI is InChI=1S/C21H24N6/c1-15-19(20(22)25-21(23)24-15)27-12-10-26(11-13-27)18-9-5-8-17(14-18)16-6-3-2-4-7-16/h2-9,14H,10-13H2,1H3,(H4,22,23,24,25). The molecule has 0 atom stereocenters. The lowest BCUT2D eigenvalue weighted by molar-refractivity contribution is 0.651. The number of hydrogen-bond donors (Lipinski definition) is 2. The van der Waals surface area contributed by atoms with E-state index in [2.05, 4.69) is 68.3 Å². The lowest BCUT2D eigenvalue weighted by Gasteiger charge is -2.38. The van der Waals surface area contributed by atoms with E-state index < -0.39 is 0 Å². The van der Waals surface area contributed by atoms with Gasteiger partial charge >= 0.3 is 0 Å². The molecule has 0 saturated carbocycles. The molecule has 0 radical (unpaired) electrons. The van der Waals surface area contributed by atoms with E-state index in [9.17, 15) is 0 Å². The fourth-order valence-electron chi connectivity index (χ4n) is 3.70. The Morgan fingerprint density at radius 2 is 1.44 bits per heavy atom. The molecular formula is C21H24N6. The second kappa shape index (κ2) is 7.15. The Balaban J connectivity index is 1.50. The first-order valence-electron chi connectivity index (χ1n) is 9.17. The minimum Gasteiger partial charge on any atom is -0.382 e. The van der Waals surface area contributed by atoms with Gasteiger partial charge in [0, 0.05) is 31.9 Å². The van der Waals surface area contributed by atoms with Crippen LogP contribution < -0.4 is 21.3 Å². The van der Waals surface area contributed by atoms with Crippen LogP contribution >= 0.6 is 0 Å². The molecule has 1 aliphatic heterocycles. The molecule has 6 heteroatoms. The van der Waals surface area contributed by atoms with Crippen molar-refractivity contribution in [2.75, 3.05) is 47.4 Å². The van der Waals surface area contributed by atoms with E-state index in [1.807, 2.05) is 13.0 Å². The maximum atomic E-state index is 6.10. The molecule has 0 spiro atoms. The summed E-state index contributed by atoms with van der Waals surface area (Å²) in [6.07, 6.45) is 0. The molecule has 4 rings (SSSR count). The quantitative estimate of drug-likeness (QED) is 0.747. The average Bonchev–Trinajstić information content (AvgIpc) is 2.69. The topological polar surface area (TPSA) is 84.3 Å². The van der Waals surface area contributed by atoms with E-state index >= 15 is 0 Å². The first-order chi connectivity index (χ1) is 13.1. The van der Waals surface area contributed by atoms with Crippen molar-refractivity contribution in [3.63, 3.8) is 0 Å². The number of anilines is 4. The summed E-state index contributed by atoms with van der Waals surface area (Å²) in [4.78, 5) is 13.0. The SMILES string of the molecule is Cc1nc(N)nc(N)c1N1CCN(c2cccc(-c3ccccc3)c2)CC1. The molecule has 1 aromatic heterocycles. The van der Waals surface area contributed by atoms with Gasteiger partial charge in [0.25, 0.3) is 0 Å². The van der Waals surface area contributed by atoms with Gasteiger partial charge < -0.3 is 21.3 Å². The van der Waals surface area contributed by atoms with E-state index in [1.165, 1.54) is 16.8 Å². The van der Waals surface area contributed by atoms with E-state index in [4.69, 9.17) is 11.5 Å². The Labute approximate surface area is 159 Å². The van der Waals surface area contributed by atoms with Crippen LogP contribution in [0, 0.1) is 6.92 Å².